The number of hydrogen-bond donors (Lipinski definition) is 1. The summed E-state index contributed by atoms with van der Waals surface area (Å²) in [6.07, 6.45) is 5.79. The Morgan fingerprint density at radius 1 is 1.13 bits per heavy atom. The van der Waals surface area contributed by atoms with Crippen LogP contribution in [0.5, 0.6) is 0 Å². The smallest absolute Gasteiger partial charge is 0.328 e. The van der Waals surface area contributed by atoms with Crippen LogP contribution < -0.4 is 5.32 Å². The molecular formula is C25H30N2O4. The van der Waals surface area contributed by atoms with Gasteiger partial charge in [0.15, 0.2) is 0 Å². The molecule has 2 aromatic carbocycles. The van der Waals surface area contributed by atoms with Gasteiger partial charge in [-0.25, -0.2) is 4.79 Å². The fraction of sp³-hybridized carbons (Fsp3) is 0.360. The van der Waals surface area contributed by atoms with E-state index < -0.39 is 12.0 Å². The van der Waals surface area contributed by atoms with E-state index in [0.717, 1.165) is 11.1 Å². The number of carbonyl (C=O) groups is 2. The van der Waals surface area contributed by atoms with Gasteiger partial charge in [-0.3, -0.25) is 9.69 Å². The summed E-state index contributed by atoms with van der Waals surface area (Å²) in [5.74, 6) is 1.85. The first-order valence-electron chi connectivity index (χ1n) is 10.2. The maximum absolute atomic E-state index is 12.8. The van der Waals surface area contributed by atoms with E-state index in [1.165, 1.54) is 0 Å². The summed E-state index contributed by atoms with van der Waals surface area (Å²) in [5.41, 5.74) is 2.39. The van der Waals surface area contributed by atoms with E-state index in [-0.39, 0.29) is 18.6 Å². The maximum atomic E-state index is 12.8. The third-order valence-electron chi connectivity index (χ3n) is 4.91. The van der Waals surface area contributed by atoms with Crippen molar-refractivity contribution < 1.29 is 19.1 Å². The zero-order valence-corrected chi connectivity index (χ0v) is 18.3. The molecule has 0 aliphatic rings. The molecule has 0 bridgehead atoms. The highest BCUT2D eigenvalue weighted by Gasteiger charge is 2.23. The highest BCUT2D eigenvalue weighted by molar-refractivity contribution is 5.96. The number of benzene rings is 2. The van der Waals surface area contributed by atoms with Gasteiger partial charge < -0.3 is 14.8 Å². The number of amides is 1. The van der Waals surface area contributed by atoms with E-state index in [0.29, 0.717) is 25.1 Å². The first-order chi connectivity index (χ1) is 15.0. The van der Waals surface area contributed by atoms with Crippen molar-refractivity contribution in [3.63, 3.8) is 0 Å². The molecule has 6 nitrogen and oxygen atoms in total. The van der Waals surface area contributed by atoms with Crippen LogP contribution >= 0.6 is 0 Å². The SMILES string of the molecule is C#CCN(C)C(COC)c1ccc(C(=O)NC(Cc2ccccc2)C(=O)OCC)cc1. The second-order valence-electron chi connectivity index (χ2n) is 7.18. The molecule has 0 radical (unpaired) electrons. The zero-order valence-electron chi connectivity index (χ0n) is 18.3. The van der Waals surface area contributed by atoms with E-state index >= 15 is 0 Å². The zero-order chi connectivity index (χ0) is 22.6. The van der Waals surface area contributed by atoms with Gasteiger partial charge >= 0.3 is 5.97 Å². The number of esters is 1. The fourth-order valence-electron chi connectivity index (χ4n) is 3.27. The van der Waals surface area contributed by atoms with E-state index in [2.05, 4.69) is 11.2 Å². The molecule has 1 amide bonds. The second-order valence-corrected chi connectivity index (χ2v) is 7.18. The molecular weight excluding hydrogens is 392 g/mol. The molecule has 0 aliphatic heterocycles. The highest BCUT2D eigenvalue weighted by atomic mass is 16.5. The predicted octanol–water partition coefficient (Wildman–Crippen LogP) is 2.84. The average molecular weight is 423 g/mol. The number of likely N-dealkylation sites (N-methyl/N-ethyl adjacent to an activating group) is 1. The Morgan fingerprint density at radius 3 is 2.39 bits per heavy atom. The molecule has 2 atom stereocenters. The van der Waals surface area contributed by atoms with E-state index in [1.54, 1.807) is 26.2 Å². The Balaban J connectivity index is 2.14. The minimum Gasteiger partial charge on any atom is -0.464 e. The van der Waals surface area contributed by atoms with Crippen molar-refractivity contribution in [1.82, 2.24) is 10.2 Å². The summed E-state index contributed by atoms with van der Waals surface area (Å²) in [6, 6.07) is 16.0. The largest absolute Gasteiger partial charge is 0.464 e. The van der Waals surface area contributed by atoms with Gasteiger partial charge in [0.25, 0.3) is 5.91 Å². The van der Waals surface area contributed by atoms with Gasteiger partial charge in [0.1, 0.15) is 6.04 Å². The number of terminal acetylenes is 1. The standard InChI is InChI=1S/C25H30N2O4/c1-5-16-27(3)23(18-30-4)20-12-14-21(15-13-20)24(28)26-22(25(29)31-6-2)17-19-10-8-7-9-11-19/h1,7-15,22-23H,6,16-18H2,2-4H3,(H,26,28). The molecule has 164 valence electrons. The number of ether oxygens (including phenoxy) is 2. The Kier molecular flexibility index (Phi) is 9.76. The lowest BCUT2D eigenvalue weighted by Crippen LogP contribution is -2.43. The molecule has 0 fully saturated rings. The summed E-state index contributed by atoms with van der Waals surface area (Å²) in [7, 11) is 3.57. The van der Waals surface area contributed by atoms with Crippen molar-refractivity contribution in [2.75, 3.05) is 33.9 Å². The van der Waals surface area contributed by atoms with Crippen LogP contribution in [-0.4, -0.2) is 56.7 Å². The first kappa shape index (κ1) is 24.1. The number of methoxy groups -OCH3 is 1. The van der Waals surface area contributed by atoms with Crippen molar-refractivity contribution in [3.8, 4) is 12.3 Å². The molecule has 0 saturated heterocycles. The lowest BCUT2D eigenvalue weighted by molar-refractivity contribution is -0.145. The highest BCUT2D eigenvalue weighted by Crippen LogP contribution is 2.20. The monoisotopic (exact) mass is 422 g/mol. The number of nitrogens with one attached hydrogen (secondary N) is 1. The van der Waals surface area contributed by atoms with E-state index in [4.69, 9.17) is 15.9 Å². The Hall–Kier alpha value is -3.14. The molecule has 6 heteroatoms. The van der Waals surface area contributed by atoms with Gasteiger partial charge in [-0.15, -0.1) is 6.42 Å². The van der Waals surface area contributed by atoms with Crippen LogP contribution in [0.1, 0.15) is 34.5 Å². The fourth-order valence-corrected chi connectivity index (χ4v) is 3.27. The quantitative estimate of drug-likeness (QED) is 0.446. The summed E-state index contributed by atoms with van der Waals surface area (Å²) < 4.78 is 10.5. The van der Waals surface area contributed by atoms with Gasteiger partial charge in [-0.1, -0.05) is 48.4 Å². The van der Waals surface area contributed by atoms with Crippen LogP contribution in [0, 0.1) is 12.3 Å². The number of hydrogen-bond acceptors (Lipinski definition) is 5. The maximum Gasteiger partial charge on any atom is 0.328 e. The normalized spacial score (nSPS) is 12.6. The van der Waals surface area contributed by atoms with Gasteiger partial charge in [0.2, 0.25) is 0 Å². The van der Waals surface area contributed by atoms with Gasteiger partial charge in [-0.2, -0.15) is 0 Å². The average Bonchev–Trinajstić information content (AvgIpc) is 2.78. The summed E-state index contributed by atoms with van der Waals surface area (Å²) in [4.78, 5) is 27.2. The van der Waals surface area contributed by atoms with Gasteiger partial charge in [-0.05, 0) is 37.2 Å². The molecule has 0 heterocycles. The molecule has 2 aromatic rings. The third kappa shape index (κ3) is 7.25. The van der Waals surface area contributed by atoms with Crippen LogP contribution in [0.4, 0.5) is 0 Å². The lowest BCUT2D eigenvalue weighted by atomic mass is 10.0. The molecule has 1 N–H and O–H groups in total. The molecule has 0 spiro atoms. The number of carbonyl (C=O) groups excluding carboxylic acids is 2. The molecule has 2 unspecified atom stereocenters. The van der Waals surface area contributed by atoms with Crippen molar-refractivity contribution >= 4 is 11.9 Å². The topological polar surface area (TPSA) is 67.9 Å². The van der Waals surface area contributed by atoms with Crippen molar-refractivity contribution in [2.45, 2.75) is 25.4 Å². The van der Waals surface area contributed by atoms with Crippen LogP contribution in [0.2, 0.25) is 0 Å². The van der Waals surface area contributed by atoms with E-state index in [9.17, 15) is 9.59 Å². The van der Waals surface area contributed by atoms with Crippen LogP contribution in [-0.2, 0) is 20.7 Å². The Labute approximate surface area is 184 Å². The molecule has 31 heavy (non-hydrogen) atoms. The summed E-state index contributed by atoms with van der Waals surface area (Å²) in [6.45, 7) is 2.95. The number of nitrogens with zero attached hydrogens (tertiary/aromatic N) is 1. The second kappa shape index (κ2) is 12.5. The van der Waals surface area contributed by atoms with Crippen LogP contribution in [0.25, 0.3) is 0 Å². The van der Waals surface area contributed by atoms with Crippen LogP contribution in [0.15, 0.2) is 54.6 Å². The molecule has 0 saturated carbocycles. The lowest BCUT2D eigenvalue weighted by Gasteiger charge is -2.26. The van der Waals surface area contributed by atoms with Crippen molar-refractivity contribution in [1.29, 1.82) is 0 Å². The van der Waals surface area contributed by atoms with Gasteiger partial charge in [0, 0.05) is 19.1 Å². The molecule has 0 aromatic heterocycles. The minimum atomic E-state index is -0.766. The van der Waals surface area contributed by atoms with Crippen molar-refractivity contribution in [2.24, 2.45) is 0 Å². The predicted molar refractivity (Wildman–Crippen MR) is 121 cm³/mol. The number of rotatable bonds is 11. The van der Waals surface area contributed by atoms with Gasteiger partial charge in [0.05, 0.1) is 25.8 Å². The summed E-state index contributed by atoms with van der Waals surface area (Å²) >= 11 is 0. The van der Waals surface area contributed by atoms with E-state index in [1.807, 2.05) is 54.4 Å². The Bertz CT molecular complexity index is 875. The molecule has 0 aliphatic carbocycles. The van der Waals surface area contributed by atoms with Crippen LogP contribution in [0.3, 0.4) is 0 Å². The third-order valence-corrected chi connectivity index (χ3v) is 4.91. The minimum absolute atomic E-state index is 0.0245. The molecule has 2 rings (SSSR count). The Morgan fingerprint density at radius 2 is 1.81 bits per heavy atom. The summed E-state index contributed by atoms with van der Waals surface area (Å²) in [5, 5.41) is 2.81. The van der Waals surface area contributed by atoms with Crippen molar-refractivity contribution in [3.05, 3.63) is 71.3 Å². The first-order valence-corrected chi connectivity index (χ1v) is 10.2.